The molecular formula is C13H26N2O2. The topological polar surface area (TPSA) is 64.3 Å². The molecule has 0 spiro atoms. The zero-order valence-corrected chi connectivity index (χ0v) is 11.3. The zero-order valence-electron chi connectivity index (χ0n) is 11.3. The maximum Gasteiger partial charge on any atom is 0.251 e. The molecule has 0 atom stereocenters. The number of nitrogens with two attached hydrogens (primary N) is 1. The quantitative estimate of drug-likeness (QED) is 0.588. The van der Waals surface area contributed by atoms with Gasteiger partial charge in [-0.15, -0.1) is 0 Å². The third kappa shape index (κ3) is 4.28. The van der Waals surface area contributed by atoms with E-state index in [-0.39, 0.29) is 11.5 Å². The van der Waals surface area contributed by atoms with Gasteiger partial charge >= 0.3 is 0 Å². The van der Waals surface area contributed by atoms with E-state index in [0.29, 0.717) is 6.54 Å². The Morgan fingerprint density at radius 1 is 1.24 bits per heavy atom. The Morgan fingerprint density at radius 3 is 2.18 bits per heavy atom. The van der Waals surface area contributed by atoms with Crippen LogP contribution >= 0.6 is 0 Å². The van der Waals surface area contributed by atoms with Gasteiger partial charge in [-0.05, 0) is 33.6 Å². The second-order valence-electron chi connectivity index (χ2n) is 6.04. The third-order valence-corrected chi connectivity index (χ3v) is 3.38. The fourth-order valence-electron chi connectivity index (χ4n) is 2.24. The van der Waals surface area contributed by atoms with Crippen molar-refractivity contribution in [1.82, 2.24) is 5.48 Å². The lowest BCUT2D eigenvalue weighted by atomic mass is 9.80. The van der Waals surface area contributed by atoms with Gasteiger partial charge in [0.2, 0.25) is 0 Å². The van der Waals surface area contributed by atoms with Crippen LogP contribution in [0.1, 0.15) is 59.3 Å². The van der Waals surface area contributed by atoms with Crippen molar-refractivity contribution in [2.24, 2.45) is 11.1 Å². The highest BCUT2D eigenvalue weighted by molar-refractivity contribution is 5.82. The smallest absolute Gasteiger partial charge is 0.251 e. The maximum atomic E-state index is 12.2. The molecule has 4 heteroatoms. The molecule has 1 aliphatic carbocycles. The fraction of sp³-hybridized carbons (Fsp3) is 0.923. The minimum atomic E-state index is -0.415. The molecule has 0 saturated heterocycles. The molecule has 17 heavy (non-hydrogen) atoms. The second-order valence-corrected chi connectivity index (χ2v) is 6.04. The van der Waals surface area contributed by atoms with Crippen LogP contribution < -0.4 is 11.2 Å². The summed E-state index contributed by atoms with van der Waals surface area (Å²) in [5.41, 5.74) is 7.64. The van der Waals surface area contributed by atoms with E-state index >= 15 is 0 Å². The van der Waals surface area contributed by atoms with Crippen molar-refractivity contribution in [3.63, 3.8) is 0 Å². The number of carbonyl (C=O) groups excluding carboxylic acids is 1. The molecule has 1 aliphatic rings. The van der Waals surface area contributed by atoms with Gasteiger partial charge in [0.15, 0.2) is 0 Å². The number of nitrogens with one attached hydrogen (secondary N) is 1. The molecule has 0 aromatic heterocycles. The van der Waals surface area contributed by atoms with Gasteiger partial charge in [-0.2, -0.15) is 0 Å². The first-order valence-corrected chi connectivity index (χ1v) is 6.58. The Morgan fingerprint density at radius 2 is 1.76 bits per heavy atom. The van der Waals surface area contributed by atoms with Crippen molar-refractivity contribution in [3.05, 3.63) is 0 Å². The van der Waals surface area contributed by atoms with Crippen LogP contribution in [0.5, 0.6) is 0 Å². The Kier molecular flexibility index (Phi) is 4.95. The predicted octanol–water partition coefficient (Wildman–Crippen LogP) is 2.13. The van der Waals surface area contributed by atoms with Gasteiger partial charge < -0.3 is 5.73 Å². The summed E-state index contributed by atoms with van der Waals surface area (Å²) in [5.74, 6) is -0.0446. The van der Waals surface area contributed by atoms with E-state index in [0.717, 1.165) is 25.7 Å². The van der Waals surface area contributed by atoms with Gasteiger partial charge in [-0.3, -0.25) is 9.63 Å². The molecule has 0 radical (unpaired) electrons. The van der Waals surface area contributed by atoms with E-state index in [4.69, 9.17) is 10.6 Å². The van der Waals surface area contributed by atoms with Gasteiger partial charge in [0.25, 0.3) is 5.91 Å². The van der Waals surface area contributed by atoms with Gasteiger partial charge in [-0.25, -0.2) is 5.48 Å². The number of amides is 1. The highest BCUT2D eigenvalue weighted by Gasteiger charge is 2.37. The first-order valence-electron chi connectivity index (χ1n) is 6.58. The maximum absolute atomic E-state index is 12.2. The molecule has 0 heterocycles. The minimum absolute atomic E-state index is 0.0446. The van der Waals surface area contributed by atoms with Crippen LogP contribution in [0.2, 0.25) is 0 Å². The molecular weight excluding hydrogens is 216 g/mol. The molecule has 4 nitrogen and oxygen atoms in total. The minimum Gasteiger partial charge on any atom is -0.329 e. The van der Waals surface area contributed by atoms with E-state index in [1.54, 1.807) is 0 Å². The Hall–Kier alpha value is -0.610. The monoisotopic (exact) mass is 242 g/mol. The Balaban J connectivity index is 2.61. The molecule has 0 aromatic carbocycles. The average molecular weight is 242 g/mol. The van der Waals surface area contributed by atoms with Crippen molar-refractivity contribution >= 4 is 5.91 Å². The molecule has 0 aromatic rings. The zero-order chi connectivity index (χ0) is 12.9. The predicted molar refractivity (Wildman–Crippen MR) is 68.2 cm³/mol. The Bertz CT molecular complexity index is 251. The molecule has 1 saturated carbocycles. The molecule has 0 aliphatic heterocycles. The lowest BCUT2D eigenvalue weighted by Gasteiger charge is -2.31. The first kappa shape index (κ1) is 14.5. The van der Waals surface area contributed by atoms with Crippen LogP contribution in [0, 0.1) is 5.41 Å². The summed E-state index contributed by atoms with van der Waals surface area (Å²) >= 11 is 0. The standard InChI is InChI=1S/C13H26N2O2/c1-12(2,3)17-15-11(16)13(10-14)8-6-4-5-7-9-13/h4-10,14H2,1-3H3,(H,15,16). The lowest BCUT2D eigenvalue weighted by Crippen LogP contribution is -2.47. The molecule has 1 fully saturated rings. The van der Waals surface area contributed by atoms with E-state index in [1.165, 1.54) is 12.8 Å². The number of rotatable bonds is 3. The largest absolute Gasteiger partial charge is 0.329 e. The van der Waals surface area contributed by atoms with Crippen molar-refractivity contribution in [3.8, 4) is 0 Å². The summed E-state index contributed by atoms with van der Waals surface area (Å²) in [4.78, 5) is 17.6. The number of hydrogen-bond donors (Lipinski definition) is 2. The summed E-state index contributed by atoms with van der Waals surface area (Å²) in [6, 6.07) is 0. The van der Waals surface area contributed by atoms with Crippen molar-refractivity contribution in [1.29, 1.82) is 0 Å². The molecule has 0 unspecified atom stereocenters. The van der Waals surface area contributed by atoms with E-state index < -0.39 is 5.41 Å². The van der Waals surface area contributed by atoms with Crippen molar-refractivity contribution in [2.45, 2.75) is 64.9 Å². The van der Waals surface area contributed by atoms with Crippen LogP contribution in [0.4, 0.5) is 0 Å². The van der Waals surface area contributed by atoms with Gasteiger partial charge in [0, 0.05) is 6.54 Å². The van der Waals surface area contributed by atoms with Crippen molar-refractivity contribution in [2.75, 3.05) is 6.54 Å². The van der Waals surface area contributed by atoms with Gasteiger partial charge in [0.05, 0.1) is 11.0 Å². The molecule has 0 bridgehead atoms. The summed E-state index contributed by atoms with van der Waals surface area (Å²) in [6.45, 7) is 6.15. The van der Waals surface area contributed by atoms with Gasteiger partial charge in [-0.1, -0.05) is 25.7 Å². The lowest BCUT2D eigenvalue weighted by molar-refractivity contribution is -0.156. The van der Waals surface area contributed by atoms with Gasteiger partial charge in [0.1, 0.15) is 0 Å². The van der Waals surface area contributed by atoms with Crippen LogP contribution in [-0.2, 0) is 9.63 Å². The summed E-state index contributed by atoms with van der Waals surface area (Å²) < 4.78 is 0. The van der Waals surface area contributed by atoms with Crippen LogP contribution in [0.15, 0.2) is 0 Å². The molecule has 1 rings (SSSR count). The van der Waals surface area contributed by atoms with Crippen LogP contribution in [0.25, 0.3) is 0 Å². The normalized spacial score (nSPS) is 20.7. The first-order chi connectivity index (χ1) is 7.90. The number of hydrogen-bond acceptors (Lipinski definition) is 3. The second kappa shape index (κ2) is 5.83. The highest BCUT2D eigenvalue weighted by Crippen LogP contribution is 2.34. The fourth-order valence-corrected chi connectivity index (χ4v) is 2.24. The molecule has 3 N–H and O–H groups in total. The average Bonchev–Trinajstić information content (AvgIpc) is 2.51. The van der Waals surface area contributed by atoms with E-state index in [2.05, 4.69) is 5.48 Å². The number of hydroxylamine groups is 1. The summed E-state index contributed by atoms with van der Waals surface area (Å²) in [5, 5.41) is 0. The number of carbonyl (C=O) groups is 1. The summed E-state index contributed by atoms with van der Waals surface area (Å²) in [6.07, 6.45) is 6.33. The molecule has 1 amide bonds. The van der Waals surface area contributed by atoms with E-state index in [9.17, 15) is 4.79 Å². The summed E-state index contributed by atoms with van der Waals surface area (Å²) in [7, 11) is 0. The molecule has 100 valence electrons. The SMILES string of the molecule is CC(C)(C)ONC(=O)C1(CN)CCCCCC1. The van der Waals surface area contributed by atoms with Crippen molar-refractivity contribution < 1.29 is 9.63 Å². The van der Waals surface area contributed by atoms with Crippen LogP contribution in [-0.4, -0.2) is 18.1 Å². The van der Waals surface area contributed by atoms with E-state index in [1.807, 2.05) is 20.8 Å². The van der Waals surface area contributed by atoms with Crippen LogP contribution in [0.3, 0.4) is 0 Å². The third-order valence-electron chi connectivity index (χ3n) is 3.38. The highest BCUT2D eigenvalue weighted by atomic mass is 16.7. The Labute approximate surface area is 104 Å².